The van der Waals surface area contributed by atoms with E-state index in [-0.39, 0.29) is 0 Å². The summed E-state index contributed by atoms with van der Waals surface area (Å²) in [5.41, 5.74) is 9.75. The van der Waals surface area contributed by atoms with Crippen molar-refractivity contribution in [2.75, 3.05) is 0 Å². The molecule has 2 aromatic heterocycles. The van der Waals surface area contributed by atoms with Gasteiger partial charge in [0.15, 0.2) is 8.07 Å². The van der Waals surface area contributed by atoms with Crippen LogP contribution in [0.1, 0.15) is 0 Å². The zero-order chi connectivity index (χ0) is 37.6. The van der Waals surface area contributed by atoms with Crippen LogP contribution in [0.4, 0.5) is 0 Å². The second kappa shape index (κ2) is 12.4. The molecule has 0 saturated carbocycles. The van der Waals surface area contributed by atoms with Crippen molar-refractivity contribution in [1.29, 1.82) is 0 Å². The fourth-order valence-electron chi connectivity index (χ4n) is 10.1. The molecular weight excluding hydrogens is 725 g/mol. The van der Waals surface area contributed by atoms with Gasteiger partial charge >= 0.3 is 0 Å². The minimum absolute atomic E-state index is 1.04. The Hall–Kier alpha value is -6.72. The summed E-state index contributed by atoms with van der Waals surface area (Å²) >= 11 is 0. The lowest BCUT2D eigenvalue weighted by molar-refractivity contribution is 1.12. The minimum atomic E-state index is -2.73. The molecule has 2 aliphatic heterocycles. The topological polar surface area (TPSA) is 17.8 Å². The van der Waals surface area contributed by atoms with Crippen molar-refractivity contribution in [3.63, 3.8) is 0 Å². The van der Waals surface area contributed by atoms with Crippen LogP contribution < -0.4 is 20.7 Å². The van der Waals surface area contributed by atoms with Gasteiger partial charge in [-0.25, -0.2) is 4.98 Å². The van der Waals surface area contributed by atoms with Crippen molar-refractivity contribution < 1.29 is 0 Å². The fraction of sp³-hybridized carbons (Fsp3) is 0. The van der Waals surface area contributed by atoms with Gasteiger partial charge in [0, 0.05) is 25.8 Å². The number of benzene rings is 8. The lowest BCUT2D eigenvalue weighted by atomic mass is 10.1. The van der Waals surface area contributed by atoms with Crippen LogP contribution in [0.5, 0.6) is 0 Å². The summed E-state index contributed by atoms with van der Waals surface area (Å²) in [5.74, 6) is 0. The number of para-hydroxylation sites is 1. The van der Waals surface area contributed by atoms with Gasteiger partial charge in [-0.1, -0.05) is 164 Å². The normalized spacial score (nSPS) is 14.8. The molecule has 4 heterocycles. The predicted molar refractivity (Wildman–Crippen MR) is 240 cm³/mol. The van der Waals surface area contributed by atoms with Crippen LogP contribution in [0.25, 0.3) is 49.9 Å². The molecule has 268 valence electrons. The Bertz CT molecular complexity index is 2900. The molecule has 0 atom stereocenters. The van der Waals surface area contributed by atoms with E-state index in [4.69, 9.17) is 4.98 Å². The Labute approximate surface area is 334 Å². The standard InChI is InChI=1S/C53H36N2SSi/c1-4-18-37(19-5-1)55-46-33-32-40(57(39-22-8-3-9-23-39)50-30-16-12-26-43(50)44-27-13-17-31-51(44)57)36-45(46)53-47(55)34-35-52(54-53)56(38-20-6-2-7-21-38)48-28-14-10-24-41(48)42-25-11-15-29-49(42)56/h1-36H. The molecule has 0 aliphatic carbocycles. The molecule has 10 aromatic rings. The van der Waals surface area contributed by atoms with Crippen LogP contribution >= 0.6 is 10.0 Å². The average molecular weight is 761 g/mol. The monoisotopic (exact) mass is 760 g/mol. The maximum absolute atomic E-state index is 5.96. The summed E-state index contributed by atoms with van der Waals surface area (Å²) in [6.07, 6.45) is 0. The van der Waals surface area contributed by atoms with Crippen molar-refractivity contribution in [2.24, 2.45) is 0 Å². The van der Waals surface area contributed by atoms with Crippen molar-refractivity contribution in [3.8, 4) is 27.9 Å². The first-order valence-electron chi connectivity index (χ1n) is 19.6. The highest BCUT2D eigenvalue weighted by Gasteiger charge is 2.49. The number of nitrogens with zero attached hydrogens (tertiary/aromatic N) is 2. The van der Waals surface area contributed by atoms with Crippen molar-refractivity contribution in [3.05, 3.63) is 218 Å². The van der Waals surface area contributed by atoms with Gasteiger partial charge in [0.1, 0.15) is 0 Å². The Morgan fingerprint density at radius 3 is 1.54 bits per heavy atom. The third kappa shape index (κ3) is 4.34. The minimum Gasteiger partial charge on any atom is -0.308 e. The van der Waals surface area contributed by atoms with Gasteiger partial charge in [0.25, 0.3) is 0 Å². The molecule has 2 nitrogen and oxygen atoms in total. The van der Waals surface area contributed by atoms with E-state index in [1.54, 1.807) is 0 Å². The smallest absolute Gasteiger partial charge is 0.180 e. The van der Waals surface area contributed by atoms with E-state index in [9.17, 15) is 0 Å². The molecule has 8 aromatic carbocycles. The van der Waals surface area contributed by atoms with E-state index in [0.29, 0.717) is 0 Å². The van der Waals surface area contributed by atoms with Gasteiger partial charge in [-0.05, 0) is 97.6 Å². The summed E-state index contributed by atoms with van der Waals surface area (Å²) in [4.78, 5) is 9.97. The molecule has 57 heavy (non-hydrogen) atoms. The summed E-state index contributed by atoms with van der Waals surface area (Å²) in [6.45, 7) is 0. The lowest BCUT2D eigenvalue weighted by Gasteiger charge is -2.38. The molecule has 0 unspecified atom stereocenters. The molecule has 12 rings (SSSR count). The highest BCUT2D eigenvalue weighted by atomic mass is 32.3. The van der Waals surface area contributed by atoms with Gasteiger partial charge in [-0.2, -0.15) is 0 Å². The van der Waals surface area contributed by atoms with E-state index < -0.39 is 18.1 Å². The fourth-order valence-corrected chi connectivity index (χ4v) is 19.4. The van der Waals surface area contributed by atoms with Crippen LogP contribution in [-0.4, -0.2) is 17.6 Å². The molecule has 0 fully saturated rings. The van der Waals surface area contributed by atoms with Crippen molar-refractivity contribution >= 4 is 60.8 Å². The van der Waals surface area contributed by atoms with Crippen LogP contribution in [0.3, 0.4) is 0 Å². The lowest BCUT2D eigenvalue weighted by Crippen LogP contribution is -2.72. The number of aromatic nitrogens is 2. The van der Waals surface area contributed by atoms with Gasteiger partial charge < -0.3 is 4.57 Å². The van der Waals surface area contributed by atoms with E-state index >= 15 is 0 Å². The third-order valence-electron chi connectivity index (χ3n) is 12.3. The maximum Gasteiger partial charge on any atom is 0.180 e. The van der Waals surface area contributed by atoms with Gasteiger partial charge in [-0.3, -0.25) is 0 Å². The van der Waals surface area contributed by atoms with Gasteiger partial charge in [-0.15, -0.1) is 10.0 Å². The summed E-state index contributed by atoms with van der Waals surface area (Å²) in [5, 5.41) is 7.96. The van der Waals surface area contributed by atoms with Crippen molar-refractivity contribution in [2.45, 2.75) is 19.7 Å². The number of pyridine rings is 1. The second-order valence-electron chi connectivity index (χ2n) is 15.0. The SMILES string of the molecule is c1ccc(-n2c3ccc([Si]4(c5ccccc5)c5ccccc5-c5ccccc54)cc3c3nc(S4(c5ccccc5)c5ccccc5-c5ccccc54)ccc32)cc1. The number of rotatable bonds is 5. The molecule has 0 bridgehead atoms. The Morgan fingerprint density at radius 2 is 0.912 bits per heavy atom. The van der Waals surface area contributed by atoms with Crippen LogP contribution in [-0.2, 0) is 0 Å². The largest absolute Gasteiger partial charge is 0.308 e. The van der Waals surface area contributed by atoms with E-state index in [0.717, 1.165) is 27.3 Å². The van der Waals surface area contributed by atoms with Gasteiger partial charge in [0.2, 0.25) is 0 Å². The Balaban J connectivity index is 1.21. The van der Waals surface area contributed by atoms with E-state index in [2.05, 4.69) is 223 Å². The molecule has 0 radical (unpaired) electrons. The quantitative estimate of drug-likeness (QED) is 0.160. The average Bonchev–Trinajstić information content (AvgIpc) is 3.90. The summed E-state index contributed by atoms with van der Waals surface area (Å²) in [6, 6.07) is 81.5. The number of fused-ring (bicyclic) bond motifs is 9. The van der Waals surface area contributed by atoms with E-state index in [1.165, 1.54) is 63.1 Å². The Morgan fingerprint density at radius 1 is 0.404 bits per heavy atom. The van der Waals surface area contributed by atoms with Crippen LogP contribution in [0.2, 0.25) is 0 Å². The third-order valence-corrected chi connectivity index (χ3v) is 21.1. The second-order valence-corrected chi connectivity index (χ2v) is 21.8. The van der Waals surface area contributed by atoms with Crippen LogP contribution in [0, 0.1) is 0 Å². The Kier molecular flexibility index (Phi) is 7.07. The first-order chi connectivity index (χ1) is 28.3. The number of hydrogen-bond donors (Lipinski definition) is 0. The first kappa shape index (κ1) is 32.5. The molecule has 0 amide bonds. The molecule has 0 spiro atoms. The molecule has 2 aliphatic rings. The molecular formula is C53H36N2SSi. The highest BCUT2D eigenvalue weighted by molar-refractivity contribution is 8.34. The first-order valence-corrected chi connectivity index (χ1v) is 23.3. The zero-order valence-electron chi connectivity index (χ0n) is 31.1. The van der Waals surface area contributed by atoms with Gasteiger partial charge in [0.05, 0.1) is 21.6 Å². The van der Waals surface area contributed by atoms with E-state index in [1.807, 2.05) is 0 Å². The van der Waals surface area contributed by atoms with Crippen LogP contribution in [0.15, 0.2) is 238 Å². The van der Waals surface area contributed by atoms with Crippen molar-refractivity contribution in [1.82, 2.24) is 9.55 Å². The number of hydrogen-bond acceptors (Lipinski definition) is 1. The maximum atomic E-state index is 5.96. The predicted octanol–water partition coefficient (Wildman–Crippen LogP) is 10.9. The molecule has 0 N–H and O–H groups in total. The molecule has 4 heteroatoms. The zero-order valence-corrected chi connectivity index (χ0v) is 32.9. The molecule has 0 saturated heterocycles. The highest BCUT2D eigenvalue weighted by Crippen LogP contribution is 2.79. The summed E-state index contributed by atoms with van der Waals surface area (Å²) in [7, 11) is -4.66. The summed E-state index contributed by atoms with van der Waals surface area (Å²) < 4.78 is 2.42.